The molecular formula is C23H23FN6O. The number of hydrogen-bond donors (Lipinski definition) is 4. The molecule has 0 fully saturated rings. The molecule has 158 valence electrons. The topological polar surface area (TPSA) is 108 Å². The highest BCUT2D eigenvalue weighted by atomic mass is 19.1. The molecule has 0 saturated heterocycles. The number of aromatic nitrogens is 5. The van der Waals surface area contributed by atoms with E-state index in [1.165, 1.54) is 12.1 Å². The fourth-order valence-corrected chi connectivity index (χ4v) is 4.31. The third kappa shape index (κ3) is 3.07. The van der Waals surface area contributed by atoms with Crippen molar-refractivity contribution < 1.29 is 4.39 Å². The predicted molar refractivity (Wildman–Crippen MR) is 120 cm³/mol. The zero-order valence-corrected chi connectivity index (χ0v) is 17.1. The van der Waals surface area contributed by atoms with Gasteiger partial charge in [-0.25, -0.2) is 18.9 Å². The number of nitrogens with zero attached hydrogens (tertiary/aromatic N) is 2. The van der Waals surface area contributed by atoms with Gasteiger partial charge in [-0.1, -0.05) is 25.1 Å². The van der Waals surface area contributed by atoms with Crippen molar-refractivity contribution in [3.05, 3.63) is 70.2 Å². The van der Waals surface area contributed by atoms with Crippen LogP contribution in [0.15, 0.2) is 47.3 Å². The Balaban J connectivity index is 1.84. The molecule has 0 spiro atoms. The number of nitrogens with two attached hydrogens (primary N) is 1. The fourth-order valence-electron chi connectivity index (χ4n) is 4.31. The summed E-state index contributed by atoms with van der Waals surface area (Å²) in [6.07, 6.45) is 2.11. The number of para-hydroxylation sites is 1. The van der Waals surface area contributed by atoms with Crippen molar-refractivity contribution in [2.24, 2.45) is 5.73 Å². The van der Waals surface area contributed by atoms with Crippen LogP contribution < -0.4 is 11.4 Å². The molecule has 0 unspecified atom stereocenters. The molecule has 31 heavy (non-hydrogen) atoms. The highest BCUT2D eigenvalue weighted by Gasteiger charge is 2.24. The summed E-state index contributed by atoms with van der Waals surface area (Å²) in [5.74, 6) is 0.135. The summed E-state index contributed by atoms with van der Waals surface area (Å²) in [5.41, 5.74) is 10.4. The lowest BCUT2D eigenvalue weighted by atomic mass is 10.1. The number of rotatable bonds is 6. The van der Waals surface area contributed by atoms with Crippen LogP contribution in [-0.2, 0) is 12.8 Å². The first-order valence-electron chi connectivity index (χ1n) is 10.4. The summed E-state index contributed by atoms with van der Waals surface area (Å²) in [4.78, 5) is 19.8. The first kappa shape index (κ1) is 19.3. The van der Waals surface area contributed by atoms with Gasteiger partial charge in [0.05, 0.1) is 5.69 Å². The SMILES string of the molecule is CCc1[nH]c2ccccc2c1-c1n[nH]c(=O)n1-c1c(CCCN)[nH]c2ccc(F)cc12. The van der Waals surface area contributed by atoms with Gasteiger partial charge in [-0.05, 0) is 50.1 Å². The lowest BCUT2D eigenvalue weighted by Gasteiger charge is -2.09. The number of aryl methyl sites for hydroxylation is 2. The molecule has 0 saturated carbocycles. The number of H-pyrrole nitrogens is 3. The lowest BCUT2D eigenvalue weighted by Crippen LogP contribution is -2.17. The molecule has 0 amide bonds. The average Bonchev–Trinajstić information content (AvgIpc) is 3.43. The van der Waals surface area contributed by atoms with Crippen molar-refractivity contribution >= 4 is 21.8 Å². The van der Waals surface area contributed by atoms with Gasteiger partial charge in [-0.15, -0.1) is 0 Å². The molecular weight excluding hydrogens is 395 g/mol. The van der Waals surface area contributed by atoms with E-state index < -0.39 is 0 Å². The molecule has 0 atom stereocenters. The van der Waals surface area contributed by atoms with Gasteiger partial charge in [0.1, 0.15) is 5.82 Å². The molecule has 5 aromatic rings. The summed E-state index contributed by atoms with van der Waals surface area (Å²) in [6, 6.07) is 12.5. The van der Waals surface area contributed by atoms with E-state index in [9.17, 15) is 9.18 Å². The van der Waals surface area contributed by atoms with Gasteiger partial charge in [-0.3, -0.25) is 0 Å². The van der Waals surface area contributed by atoms with Crippen LogP contribution in [0.1, 0.15) is 24.7 Å². The maximum atomic E-state index is 14.2. The summed E-state index contributed by atoms with van der Waals surface area (Å²) >= 11 is 0. The molecule has 3 aromatic heterocycles. The number of halogens is 1. The smallest absolute Gasteiger partial charge is 0.348 e. The second-order valence-electron chi connectivity index (χ2n) is 7.60. The molecule has 0 aliphatic rings. The zero-order valence-electron chi connectivity index (χ0n) is 17.1. The molecule has 5 N–H and O–H groups in total. The van der Waals surface area contributed by atoms with Crippen LogP contribution in [0.4, 0.5) is 4.39 Å². The van der Waals surface area contributed by atoms with E-state index in [-0.39, 0.29) is 11.5 Å². The van der Waals surface area contributed by atoms with E-state index in [0.717, 1.165) is 46.2 Å². The van der Waals surface area contributed by atoms with Crippen molar-refractivity contribution in [3.8, 4) is 17.1 Å². The molecule has 0 aliphatic heterocycles. The molecule has 5 rings (SSSR count). The Morgan fingerprint density at radius 2 is 1.84 bits per heavy atom. The Hall–Kier alpha value is -3.65. The molecule has 3 heterocycles. The largest absolute Gasteiger partial charge is 0.358 e. The minimum atomic E-state index is -0.374. The minimum Gasteiger partial charge on any atom is -0.358 e. The second kappa shape index (κ2) is 7.55. The van der Waals surface area contributed by atoms with E-state index >= 15 is 0 Å². The van der Waals surface area contributed by atoms with Crippen LogP contribution in [0.3, 0.4) is 0 Å². The number of aromatic amines is 3. The highest BCUT2D eigenvalue weighted by Crippen LogP contribution is 2.35. The van der Waals surface area contributed by atoms with Crippen molar-refractivity contribution in [1.29, 1.82) is 0 Å². The monoisotopic (exact) mass is 418 g/mol. The fraction of sp³-hybridized carbons (Fsp3) is 0.217. The number of fused-ring (bicyclic) bond motifs is 2. The molecule has 8 heteroatoms. The Kier molecular flexibility index (Phi) is 4.71. The van der Waals surface area contributed by atoms with Crippen LogP contribution in [0.25, 0.3) is 38.9 Å². The minimum absolute atomic E-state index is 0.363. The van der Waals surface area contributed by atoms with E-state index in [0.29, 0.717) is 29.9 Å². The van der Waals surface area contributed by atoms with Gasteiger partial charge >= 0.3 is 5.69 Å². The summed E-state index contributed by atoms with van der Waals surface area (Å²) in [7, 11) is 0. The maximum absolute atomic E-state index is 14.2. The van der Waals surface area contributed by atoms with Crippen LogP contribution in [-0.4, -0.2) is 31.3 Å². The first-order valence-corrected chi connectivity index (χ1v) is 10.4. The average molecular weight is 418 g/mol. The van der Waals surface area contributed by atoms with Crippen LogP contribution in [0, 0.1) is 5.82 Å². The standard InChI is InChI=1S/C23H23FN6O/c1-2-16-20(14-6-3-4-7-17(14)26-16)22-28-29-23(31)30(22)21-15-12-13(24)9-10-18(15)27-19(21)8-5-11-25/h3-4,6-7,9-10,12,26-27H,2,5,8,11,25H2,1H3,(H,29,31). The van der Waals surface area contributed by atoms with Crippen molar-refractivity contribution in [1.82, 2.24) is 24.7 Å². The van der Waals surface area contributed by atoms with E-state index in [1.54, 1.807) is 10.6 Å². The van der Waals surface area contributed by atoms with Gasteiger partial charge in [0, 0.05) is 38.8 Å². The van der Waals surface area contributed by atoms with Crippen molar-refractivity contribution in [3.63, 3.8) is 0 Å². The summed E-state index contributed by atoms with van der Waals surface area (Å²) in [5, 5.41) is 8.61. The zero-order chi connectivity index (χ0) is 21.5. The number of nitrogens with one attached hydrogen (secondary N) is 3. The van der Waals surface area contributed by atoms with Gasteiger partial charge in [0.25, 0.3) is 0 Å². The number of hydrogen-bond acceptors (Lipinski definition) is 3. The Morgan fingerprint density at radius 3 is 2.65 bits per heavy atom. The van der Waals surface area contributed by atoms with E-state index in [1.807, 2.05) is 24.3 Å². The Bertz CT molecular complexity index is 1450. The second-order valence-corrected chi connectivity index (χ2v) is 7.60. The van der Waals surface area contributed by atoms with Crippen LogP contribution in [0.2, 0.25) is 0 Å². The molecule has 0 radical (unpaired) electrons. The molecule has 7 nitrogen and oxygen atoms in total. The van der Waals surface area contributed by atoms with Gasteiger partial charge in [0.15, 0.2) is 5.82 Å². The summed E-state index contributed by atoms with van der Waals surface area (Å²) in [6.45, 7) is 2.57. The highest BCUT2D eigenvalue weighted by molar-refractivity contribution is 5.97. The van der Waals surface area contributed by atoms with Crippen LogP contribution >= 0.6 is 0 Å². The van der Waals surface area contributed by atoms with Gasteiger partial charge in [0.2, 0.25) is 0 Å². The molecule has 2 aromatic carbocycles. The maximum Gasteiger partial charge on any atom is 0.348 e. The summed E-state index contributed by atoms with van der Waals surface area (Å²) < 4.78 is 15.7. The normalized spacial score (nSPS) is 11.7. The molecule has 0 aliphatic carbocycles. The number of benzene rings is 2. The van der Waals surface area contributed by atoms with Gasteiger partial charge in [-0.2, -0.15) is 5.10 Å². The third-order valence-electron chi connectivity index (χ3n) is 5.70. The van der Waals surface area contributed by atoms with E-state index in [4.69, 9.17) is 5.73 Å². The van der Waals surface area contributed by atoms with Gasteiger partial charge < -0.3 is 15.7 Å². The predicted octanol–water partition coefficient (Wildman–Crippen LogP) is 3.78. The van der Waals surface area contributed by atoms with Crippen molar-refractivity contribution in [2.45, 2.75) is 26.2 Å². The van der Waals surface area contributed by atoms with Crippen molar-refractivity contribution in [2.75, 3.05) is 6.54 Å². The third-order valence-corrected chi connectivity index (χ3v) is 5.70. The van der Waals surface area contributed by atoms with E-state index in [2.05, 4.69) is 27.1 Å². The quantitative estimate of drug-likeness (QED) is 0.337. The first-order chi connectivity index (χ1) is 15.1. The van der Waals surface area contributed by atoms with Crippen LogP contribution in [0.5, 0.6) is 0 Å². The lowest BCUT2D eigenvalue weighted by molar-refractivity contribution is 0.629. The molecule has 0 bridgehead atoms. The Morgan fingerprint density at radius 1 is 1.06 bits per heavy atom. The Labute approximate surface area is 177 Å².